The summed E-state index contributed by atoms with van der Waals surface area (Å²) in [5.74, 6) is 0.290. The number of carbonyl (C=O) groups is 1. The van der Waals surface area contributed by atoms with E-state index in [9.17, 15) is 4.79 Å². The van der Waals surface area contributed by atoms with Gasteiger partial charge in [-0.1, -0.05) is 37.3 Å². The van der Waals surface area contributed by atoms with Crippen LogP contribution in [0.2, 0.25) is 0 Å². The normalized spacial score (nSPS) is 18.6. The Hall–Kier alpha value is -1.82. The predicted octanol–water partition coefficient (Wildman–Crippen LogP) is 4.38. The molecule has 2 aromatic rings. The van der Waals surface area contributed by atoms with Crippen molar-refractivity contribution in [2.24, 2.45) is 0 Å². The quantitative estimate of drug-likeness (QED) is 0.627. The number of fused-ring (bicyclic) bond motifs is 1. The molecule has 0 saturated carbocycles. The van der Waals surface area contributed by atoms with Crippen LogP contribution >= 0.6 is 11.8 Å². The molecule has 0 aliphatic carbocycles. The van der Waals surface area contributed by atoms with Gasteiger partial charge >= 0.3 is 0 Å². The molecule has 1 amide bonds. The average Bonchev–Trinajstić information content (AvgIpc) is 2.83. The van der Waals surface area contributed by atoms with Gasteiger partial charge in [0.2, 0.25) is 5.91 Å². The van der Waals surface area contributed by atoms with Crippen LogP contribution in [0.5, 0.6) is 0 Å². The molecule has 5 heteroatoms. The second kappa shape index (κ2) is 10.2. The van der Waals surface area contributed by atoms with Crippen LogP contribution in [-0.2, 0) is 17.8 Å². The number of hydrogen-bond donors (Lipinski definition) is 0. The topological polar surface area (TPSA) is 26.8 Å². The summed E-state index contributed by atoms with van der Waals surface area (Å²) in [5.41, 5.74) is 5.37. The van der Waals surface area contributed by atoms with Crippen LogP contribution in [-0.4, -0.2) is 72.2 Å². The van der Waals surface area contributed by atoms with E-state index in [4.69, 9.17) is 0 Å². The average molecular weight is 438 g/mol. The summed E-state index contributed by atoms with van der Waals surface area (Å²) in [6, 6.07) is 16.2. The van der Waals surface area contributed by atoms with Gasteiger partial charge in [0.1, 0.15) is 0 Å². The predicted molar refractivity (Wildman–Crippen MR) is 131 cm³/mol. The van der Waals surface area contributed by atoms with Crippen LogP contribution in [0, 0.1) is 0 Å². The van der Waals surface area contributed by atoms with Crippen LogP contribution in [0.4, 0.5) is 0 Å². The van der Waals surface area contributed by atoms with Gasteiger partial charge in [0.25, 0.3) is 0 Å². The van der Waals surface area contributed by atoms with E-state index >= 15 is 0 Å². The van der Waals surface area contributed by atoms with E-state index in [-0.39, 0.29) is 5.91 Å². The summed E-state index contributed by atoms with van der Waals surface area (Å²) < 4.78 is 0. The fourth-order valence-electron chi connectivity index (χ4n) is 4.69. The second-order valence-corrected chi connectivity index (χ2v) is 9.73. The number of carbonyl (C=O) groups excluding carboxylic acids is 1. The highest BCUT2D eigenvalue weighted by Gasteiger charge is 2.26. The van der Waals surface area contributed by atoms with Gasteiger partial charge in [0.05, 0.1) is 6.54 Å². The Bertz CT molecular complexity index is 907. The van der Waals surface area contributed by atoms with Gasteiger partial charge in [-0.15, -0.1) is 11.8 Å². The lowest BCUT2D eigenvalue weighted by Gasteiger charge is -2.39. The Morgan fingerprint density at radius 1 is 1.00 bits per heavy atom. The molecule has 2 aliphatic rings. The number of benzene rings is 2. The van der Waals surface area contributed by atoms with Gasteiger partial charge in [-0.05, 0) is 60.4 Å². The van der Waals surface area contributed by atoms with Crippen molar-refractivity contribution in [3.63, 3.8) is 0 Å². The molecule has 0 bridgehead atoms. The van der Waals surface area contributed by atoms with Crippen molar-refractivity contribution in [3.8, 4) is 11.1 Å². The van der Waals surface area contributed by atoms with Crippen molar-refractivity contribution in [2.45, 2.75) is 44.2 Å². The Kier molecular flexibility index (Phi) is 7.36. The van der Waals surface area contributed by atoms with Crippen LogP contribution < -0.4 is 0 Å². The van der Waals surface area contributed by atoms with Crippen molar-refractivity contribution >= 4 is 17.7 Å². The smallest absolute Gasteiger partial charge is 0.236 e. The molecule has 1 fully saturated rings. The van der Waals surface area contributed by atoms with E-state index < -0.39 is 0 Å². The van der Waals surface area contributed by atoms with E-state index in [1.54, 1.807) is 11.8 Å². The zero-order valence-electron chi connectivity index (χ0n) is 19.1. The maximum atomic E-state index is 12.9. The lowest BCUT2D eigenvalue weighted by Crippen LogP contribution is -2.53. The van der Waals surface area contributed by atoms with Crippen molar-refractivity contribution in [1.29, 1.82) is 0 Å². The van der Waals surface area contributed by atoms with E-state index in [0.29, 0.717) is 12.6 Å². The number of rotatable bonds is 6. The zero-order valence-corrected chi connectivity index (χ0v) is 20.0. The lowest BCUT2D eigenvalue weighted by atomic mass is 9.94. The van der Waals surface area contributed by atoms with Crippen LogP contribution in [0.25, 0.3) is 11.1 Å². The number of piperazine rings is 1. The standard InChI is InChI=1S/C26H35N3OS/c1-4-20(2)28-12-14-29(15-13-28)26(30)19-27-11-10-23-16-22(8-9-24(23)18-27)21-6-5-7-25(17-21)31-3/h5-9,16-17,20H,4,10-15,18-19H2,1-3H3. The molecule has 2 aliphatic heterocycles. The third-order valence-electron chi connectivity index (χ3n) is 6.94. The summed E-state index contributed by atoms with van der Waals surface area (Å²) in [4.78, 5) is 21.1. The minimum absolute atomic E-state index is 0.290. The van der Waals surface area contributed by atoms with E-state index in [0.717, 1.165) is 45.7 Å². The van der Waals surface area contributed by atoms with Crippen LogP contribution in [0.15, 0.2) is 47.4 Å². The largest absolute Gasteiger partial charge is 0.339 e. The molecule has 0 N–H and O–H groups in total. The van der Waals surface area contributed by atoms with Gasteiger partial charge < -0.3 is 4.90 Å². The third-order valence-corrected chi connectivity index (χ3v) is 7.67. The SMILES string of the molecule is CCC(C)N1CCN(C(=O)CN2CCc3cc(-c4cccc(SC)c4)ccc3C2)CC1. The van der Waals surface area contributed by atoms with Gasteiger partial charge in [-0.3, -0.25) is 14.6 Å². The van der Waals surface area contributed by atoms with Crippen molar-refractivity contribution in [1.82, 2.24) is 14.7 Å². The molecule has 0 radical (unpaired) electrons. The molecule has 1 atom stereocenters. The van der Waals surface area contributed by atoms with Gasteiger partial charge in [0, 0.05) is 50.2 Å². The molecular formula is C26H35N3OS. The lowest BCUT2D eigenvalue weighted by molar-refractivity contribution is -0.134. The molecule has 1 unspecified atom stereocenters. The Balaban J connectivity index is 1.34. The summed E-state index contributed by atoms with van der Waals surface area (Å²) in [6.07, 6.45) is 4.31. The van der Waals surface area contributed by atoms with Crippen molar-refractivity contribution in [2.75, 3.05) is 45.5 Å². The summed E-state index contributed by atoms with van der Waals surface area (Å²) in [7, 11) is 0. The molecular weight excluding hydrogens is 402 g/mol. The fraction of sp³-hybridized carbons (Fsp3) is 0.500. The Morgan fingerprint density at radius 2 is 1.77 bits per heavy atom. The molecule has 4 rings (SSSR count). The molecule has 0 spiro atoms. The summed E-state index contributed by atoms with van der Waals surface area (Å²) in [6.45, 7) is 10.6. The monoisotopic (exact) mass is 437 g/mol. The maximum Gasteiger partial charge on any atom is 0.236 e. The fourth-order valence-corrected chi connectivity index (χ4v) is 5.15. The first-order valence-corrected chi connectivity index (χ1v) is 12.8. The summed E-state index contributed by atoms with van der Waals surface area (Å²) >= 11 is 1.78. The van der Waals surface area contributed by atoms with E-state index in [2.05, 4.69) is 77.3 Å². The van der Waals surface area contributed by atoms with Crippen molar-refractivity contribution < 1.29 is 4.79 Å². The highest BCUT2D eigenvalue weighted by molar-refractivity contribution is 7.98. The first-order chi connectivity index (χ1) is 15.1. The highest BCUT2D eigenvalue weighted by atomic mass is 32.2. The molecule has 4 nitrogen and oxygen atoms in total. The van der Waals surface area contributed by atoms with Crippen LogP contribution in [0.1, 0.15) is 31.4 Å². The van der Waals surface area contributed by atoms with E-state index in [1.807, 2.05) is 0 Å². The Labute approximate surface area is 191 Å². The zero-order chi connectivity index (χ0) is 21.8. The minimum atomic E-state index is 0.290. The number of thioether (sulfide) groups is 1. The molecule has 0 aromatic heterocycles. The molecule has 1 saturated heterocycles. The second-order valence-electron chi connectivity index (χ2n) is 8.85. The van der Waals surface area contributed by atoms with Gasteiger partial charge in [-0.25, -0.2) is 0 Å². The van der Waals surface area contributed by atoms with Gasteiger partial charge in [-0.2, -0.15) is 0 Å². The third kappa shape index (κ3) is 5.33. The van der Waals surface area contributed by atoms with Crippen LogP contribution in [0.3, 0.4) is 0 Å². The van der Waals surface area contributed by atoms with Gasteiger partial charge in [0.15, 0.2) is 0 Å². The highest BCUT2D eigenvalue weighted by Crippen LogP contribution is 2.28. The van der Waals surface area contributed by atoms with Crippen molar-refractivity contribution in [3.05, 3.63) is 53.6 Å². The number of nitrogens with zero attached hydrogens (tertiary/aromatic N) is 3. The molecule has 166 valence electrons. The minimum Gasteiger partial charge on any atom is -0.339 e. The molecule has 2 heterocycles. The molecule has 31 heavy (non-hydrogen) atoms. The molecule has 2 aromatic carbocycles. The maximum absolute atomic E-state index is 12.9. The first kappa shape index (κ1) is 22.4. The summed E-state index contributed by atoms with van der Waals surface area (Å²) in [5, 5.41) is 0. The first-order valence-electron chi connectivity index (χ1n) is 11.6. The number of hydrogen-bond acceptors (Lipinski definition) is 4. The Morgan fingerprint density at radius 3 is 2.52 bits per heavy atom. The van der Waals surface area contributed by atoms with E-state index in [1.165, 1.54) is 33.6 Å². The number of amides is 1.